The van der Waals surface area contributed by atoms with Crippen molar-refractivity contribution in [3.8, 4) is 11.8 Å². The van der Waals surface area contributed by atoms with Crippen molar-refractivity contribution in [1.29, 1.82) is 5.26 Å². The lowest BCUT2D eigenvalue weighted by atomic mass is 10.1. The van der Waals surface area contributed by atoms with Crippen LogP contribution >= 0.6 is 11.6 Å². The average molecular weight is 571 g/mol. The lowest BCUT2D eigenvalue weighted by molar-refractivity contribution is -0.116. The number of benzene rings is 3. The highest BCUT2D eigenvalue weighted by molar-refractivity contribution is 6.33. The smallest absolute Gasteiger partial charge is 0.224 e. The third kappa shape index (κ3) is 7.66. The van der Waals surface area contributed by atoms with Gasteiger partial charge in [-0.2, -0.15) is 5.26 Å². The Morgan fingerprint density at radius 1 is 1.12 bits per heavy atom. The number of aromatic nitrogens is 1. The lowest BCUT2D eigenvalue weighted by Gasteiger charge is -2.19. The number of anilines is 4. The van der Waals surface area contributed by atoms with Crippen molar-refractivity contribution in [2.75, 3.05) is 43.2 Å². The monoisotopic (exact) mass is 570 g/mol. The molecule has 1 amide bonds. The van der Waals surface area contributed by atoms with Crippen molar-refractivity contribution < 1.29 is 9.53 Å². The number of nitrogens with one attached hydrogen (secondary N) is 3. The Hall–Kier alpha value is -4.32. The maximum atomic E-state index is 12.7. The Morgan fingerprint density at radius 3 is 2.59 bits per heavy atom. The summed E-state index contributed by atoms with van der Waals surface area (Å²) < 4.78 is 5.82. The maximum Gasteiger partial charge on any atom is 0.224 e. The van der Waals surface area contributed by atoms with Gasteiger partial charge < -0.3 is 25.6 Å². The van der Waals surface area contributed by atoms with Gasteiger partial charge in [0.05, 0.1) is 39.8 Å². The fraction of sp³-hybridized carbons (Fsp3) is 0.281. The van der Waals surface area contributed by atoms with Gasteiger partial charge in [-0.05, 0) is 70.7 Å². The number of carbonyl (C=O) groups excluding carboxylic acids is 1. The summed E-state index contributed by atoms with van der Waals surface area (Å²) in [7, 11) is 3.95. The predicted octanol–water partition coefficient (Wildman–Crippen LogP) is 7.36. The van der Waals surface area contributed by atoms with Gasteiger partial charge in [0.2, 0.25) is 5.91 Å². The van der Waals surface area contributed by atoms with Gasteiger partial charge >= 0.3 is 0 Å². The number of ether oxygens (including phenoxy) is 1. The Labute approximate surface area is 246 Å². The van der Waals surface area contributed by atoms with Gasteiger partial charge in [-0.3, -0.25) is 9.78 Å². The number of hydrogen-bond donors (Lipinski definition) is 3. The Balaban J connectivity index is 1.63. The van der Waals surface area contributed by atoms with Crippen molar-refractivity contribution >= 4 is 51.2 Å². The molecule has 0 fully saturated rings. The SMILES string of the molecule is CCOc1cc2ncc(C#N)c(Nc3ccc(NC(C)c4ccccc4)c(Cl)c3)c2cc1NC(=O)CCCN(C)C. The molecule has 9 heteroatoms. The van der Waals surface area contributed by atoms with Crippen LogP contribution in [0.4, 0.5) is 22.7 Å². The van der Waals surface area contributed by atoms with E-state index in [1.165, 1.54) is 6.20 Å². The molecule has 1 unspecified atom stereocenters. The quantitative estimate of drug-likeness (QED) is 0.163. The van der Waals surface area contributed by atoms with E-state index in [0.29, 0.717) is 57.3 Å². The summed E-state index contributed by atoms with van der Waals surface area (Å²) in [4.78, 5) is 19.3. The van der Waals surface area contributed by atoms with Crippen molar-refractivity contribution in [2.45, 2.75) is 32.7 Å². The predicted molar refractivity (Wildman–Crippen MR) is 167 cm³/mol. The zero-order valence-electron chi connectivity index (χ0n) is 23.8. The van der Waals surface area contributed by atoms with Crippen molar-refractivity contribution in [3.05, 3.63) is 83.0 Å². The average Bonchev–Trinajstić information content (AvgIpc) is 2.95. The largest absolute Gasteiger partial charge is 0.492 e. The molecular weight excluding hydrogens is 536 g/mol. The minimum atomic E-state index is -0.106. The normalized spacial score (nSPS) is 11.6. The molecule has 0 aliphatic heterocycles. The Morgan fingerprint density at radius 2 is 1.90 bits per heavy atom. The molecule has 1 atom stereocenters. The summed E-state index contributed by atoms with van der Waals surface area (Å²) in [5.74, 6) is 0.417. The van der Waals surface area contributed by atoms with E-state index in [2.05, 4.69) is 46.1 Å². The first kappa shape index (κ1) is 29.7. The van der Waals surface area contributed by atoms with Gasteiger partial charge in [-0.15, -0.1) is 0 Å². The van der Waals surface area contributed by atoms with Crippen LogP contribution in [0.5, 0.6) is 5.75 Å². The molecule has 0 aliphatic rings. The maximum absolute atomic E-state index is 12.7. The zero-order chi connectivity index (χ0) is 29.4. The van der Waals surface area contributed by atoms with E-state index in [-0.39, 0.29) is 11.9 Å². The van der Waals surface area contributed by atoms with E-state index < -0.39 is 0 Å². The Kier molecular flexibility index (Phi) is 10.0. The van der Waals surface area contributed by atoms with E-state index in [0.717, 1.165) is 24.2 Å². The van der Waals surface area contributed by atoms with Crippen molar-refractivity contribution in [2.24, 2.45) is 0 Å². The topological polar surface area (TPSA) is 102 Å². The van der Waals surface area contributed by atoms with Gasteiger partial charge in [0.25, 0.3) is 0 Å². The molecular formula is C32H35ClN6O2. The second-order valence-corrected chi connectivity index (χ2v) is 10.4. The number of carbonyl (C=O) groups is 1. The molecule has 0 spiro atoms. The molecule has 4 aromatic rings. The summed E-state index contributed by atoms with van der Waals surface area (Å²) in [5.41, 5.74) is 4.75. The second-order valence-electron chi connectivity index (χ2n) is 10.0. The fourth-order valence-electron chi connectivity index (χ4n) is 4.49. The molecule has 41 heavy (non-hydrogen) atoms. The van der Waals surface area contributed by atoms with Gasteiger partial charge in [0.15, 0.2) is 0 Å². The summed E-state index contributed by atoms with van der Waals surface area (Å²) in [6.45, 7) is 5.21. The van der Waals surface area contributed by atoms with E-state index in [1.807, 2.05) is 62.3 Å². The van der Waals surface area contributed by atoms with E-state index in [4.69, 9.17) is 16.3 Å². The molecule has 0 saturated heterocycles. The molecule has 0 saturated carbocycles. The number of hydrogen-bond acceptors (Lipinski definition) is 7. The molecule has 3 aromatic carbocycles. The molecule has 0 aliphatic carbocycles. The van der Waals surface area contributed by atoms with Crippen LogP contribution in [0.2, 0.25) is 5.02 Å². The van der Waals surface area contributed by atoms with Gasteiger partial charge in [0.1, 0.15) is 11.8 Å². The highest BCUT2D eigenvalue weighted by Crippen LogP contribution is 2.37. The van der Waals surface area contributed by atoms with Crippen LogP contribution in [0.3, 0.4) is 0 Å². The van der Waals surface area contributed by atoms with Crippen LogP contribution < -0.4 is 20.7 Å². The minimum absolute atomic E-state index is 0.0675. The highest BCUT2D eigenvalue weighted by atomic mass is 35.5. The van der Waals surface area contributed by atoms with Crippen LogP contribution in [0.1, 0.15) is 43.9 Å². The number of halogens is 1. The Bertz CT molecular complexity index is 1550. The van der Waals surface area contributed by atoms with Gasteiger partial charge in [-0.1, -0.05) is 41.9 Å². The number of nitrogens with zero attached hydrogens (tertiary/aromatic N) is 3. The van der Waals surface area contributed by atoms with Crippen LogP contribution in [0.15, 0.2) is 66.9 Å². The number of fused-ring (bicyclic) bond motifs is 1. The van der Waals surface area contributed by atoms with E-state index in [9.17, 15) is 10.1 Å². The molecule has 212 valence electrons. The fourth-order valence-corrected chi connectivity index (χ4v) is 4.73. The molecule has 0 bridgehead atoms. The summed E-state index contributed by atoms with van der Waals surface area (Å²) in [6.07, 6.45) is 2.64. The third-order valence-corrected chi connectivity index (χ3v) is 6.90. The zero-order valence-corrected chi connectivity index (χ0v) is 24.5. The van der Waals surface area contributed by atoms with Crippen LogP contribution in [0.25, 0.3) is 10.9 Å². The van der Waals surface area contributed by atoms with E-state index >= 15 is 0 Å². The van der Waals surface area contributed by atoms with Crippen molar-refractivity contribution in [3.63, 3.8) is 0 Å². The standard InChI is InChI=1S/C32H35ClN6O2/c1-5-41-30-18-28-25(17-29(30)38-31(40)12-9-15-39(3)4)32(23(19-34)20-35-28)37-24-13-14-27(26(33)16-24)36-21(2)22-10-7-6-8-11-22/h6-8,10-11,13-14,16-18,20-21,36H,5,9,12,15H2,1-4H3,(H,35,37)(H,38,40). The number of rotatable bonds is 12. The molecule has 1 aromatic heterocycles. The molecule has 8 nitrogen and oxygen atoms in total. The van der Waals surface area contributed by atoms with E-state index in [1.54, 1.807) is 12.1 Å². The number of nitriles is 1. The molecule has 0 radical (unpaired) electrons. The molecule has 3 N–H and O–H groups in total. The summed E-state index contributed by atoms with van der Waals surface area (Å²) >= 11 is 6.67. The highest BCUT2D eigenvalue weighted by Gasteiger charge is 2.16. The minimum Gasteiger partial charge on any atom is -0.492 e. The number of pyridine rings is 1. The molecule has 4 rings (SSSR count). The third-order valence-electron chi connectivity index (χ3n) is 6.58. The lowest BCUT2D eigenvalue weighted by Crippen LogP contribution is -2.17. The van der Waals surface area contributed by atoms with Gasteiger partial charge in [0, 0.05) is 35.8 Å². The number of amides is 1. The summed E-state index contributed by atoms with van der Waals surface area (Å²) in [5, 5.41) is 20.9. The van der Waals surface area contributed by atoms with Crippen molar-refractivity contribution in [1.82, 2.24) is 9.88 Å². The van der Waals surface area contributed by atoms with Crippen LogP contribution in [0, 0.1) is 11.3 Å². The van der Waals surface area contributed by atoms with Crippen LogP contribution in [-0.2, 0) is 4.79 Å². The summed E-state index contributed by atoms with van der Waals surface area (Å²) in [6, 6.07) is 21.6. The molecule has 1 heterocycles. The first-order chi connectivity index (χ1) is 19.8. The first-order valence-corrected chi connectivity index (χ1v) is 14.0. The second kappa shape index (κ2) is 13.8. The van der Waals surface area contributed by atoms with Crippen LogP contribution in [-0.4, -0.2) is 43.0 Å². The van der Waals surface area contributed by atoms with Gasteiger partial charge in [-0.25, -0.2) is 0 Å². The first-order valence-electron chi connectivity index (χ1n) is 13.6.